The molecule has 1 saturated carbocycles. The molecule has 1 saturated heterocycles. The summed E-state index contributed by atoms with van der Waals surface area (Å²) in [6, 6.07) is 0. The SMILES string of the molecule is CC1(C)C2OCCC2C1(N)C(=O)NCCCN. The van der Waals surface area contributed by atoms with Gasteiger partial charge in [-0.15, -0.1) is 0 Å². The minimum atomic E-state index is -0.789. The van der Waals surface area contributed by atoms with E-state index < -0.39 is 5.54 Å². The molecule has 1 aliphatic heterocycles. The Morgan fingerprint density at radius 1 is 1.53 bits per heavy atom. The number of rotatable bonds is 4. The number of hydrogen-bond donors (Lipinski definition) is 3. The summed E-state index contributed by atoms with van der Waals surface area (Å²) in [5.41, 5.74) is 10.7. The number of amides is 1. The standard InChI is InChI=1S/C12H23N3O2/c1-11(2)9-8(4-7-17-9)12(11,14)10(16)15-6-3-5-13/h8-9H,3-7,13-14H2,1-2H3,(H,15,16). The molecule has 5 heteroatoms. The second-order valence-corrected chi connectivity index (χ2v) is 5.68. The van der Waals surface area contributed by atoms with Crippen molar-refractivity contribution in [3.8, 4) is 0 Å². The Morgan fingerprint density at radius 3 is 2.88 bits per heavy atom. The van der Waals surface area contributed by atoms with E-state index in [0.29, 0.717) is 19.7 Å². The maximum Gasteiger partial charge on any atom is 0.241 e. The van der Waals surface area contributed by atoms with Gasteiger partial charge in [-0.25, -0.2) is 0 Å². The van der Waals surface area contributed by atoms with E-state index in [2.05, 4.69) is 5.32 Å². The molecule has 1 aliphatic carbocycles. The van der Waals surface area contributed by atoms with Gasteiger partial charge in [0, 0.05) is 24.5 Å². The summed E-state index contributed by atoms with van der Waals surface area (Å²) in [5.74, 6) is 0.109. The van der Waals surface area contributed by atoms with Gasteiger partial charge in [0.15, 0.2) is 0 Å². The Morgan fingerprint density at radius 2 is 2.24 bits per heavy atom. The van der Waals surface area contributed by atoms with Crippen LogP contribution in [0.4, 0.5) is 0 Å². The average molecular weight is 241 g/mol. The Balaban J connectivity index is 2.05. The summed E-state index contributed by atoms with van der Waals surface area (Å²) in [7, 11) is 0. The van der Waals surface area contributed by atoms with Gasteiger partial charge in [-0.3, -0.25) is 4.79 Å². The molecule has 2 fully saturated rings. The van der Waals surface area contributed by atoms with Crippen LogP contribution in [0.25, 0.3) is 0 Å². The summed E-state index contributed by atoms with van der Waals surface area (Å²) in [6.45, 7) is 5.93. The highest BCUT2D eigenvalue weighted by Gasteiger charge is 2.71. The Bertz CT molecular complexity index is 319. The second-order valence-electron chi connectivity index (χ2n) is 5.68. The summed E-state index contributed by atoms with van der Waals surface area (Å²) >= 11 is 0. The van der Waals surface area contributed by atoms with Crippen molar-refractivity contribution >= 4 is 5.91 Å². The van der Waals surface area contributed by atoms with Crippen LogP contribution in [0.15, 0.2) is 0 Å². The topological polar surface area (TPSA) is 90.4 Å². The van der Waals surface area contributed by atoms with Gasteiger partial charge < -0.3 is 21.5 Å². The van der Waals surface area contributed by atoms with Crippen molar-refractivity contribution in [2.24, 2.45) is 22.8 Å². The molecule has 98 valence electrons. The Hall–Kier alpha value is -0.650. The van der Waals surface area contributed by atoms with Crippen LogP contribution < -0.4 is 16.8 Å². The fourth-order valence-corrected chi connectivity index (χ4v) is 3.30. The molecule has 2 aliphatic rings. The quantitative estimate of drug-likeness (QED) is 0.584. The summed E-state index contributed by atoms with van der Waals surface area (Å²) in [4.78, 5) is 12.2. The van der Waals surface area contributed by atoms with E-state index >= 15 is 0 Å². The first kappa shape index (κ1) is 12.8. The smallest absolute Gasteiger partial charge is 0.241 e. The van der Waals surface area contributed by atoms with Crippen LogP contribution in [-0.2, 0) is 9.53 Å². The Labute approximate surface area is 102 Å². The van der Waals surface area contributed by atoms with E-state index in [1.165, 1.54) is 0 Å². The molecular formula is C12H23N3O2. The maximum atomic E-state index is 12.2. The summed E-state index contributed by atoms with van der Waals surface area (Å²) in [5, 5.41) is 2.89. The molecule has 1 amide bonds. The van der Waals surface area contributed by atoms with Crippen LogP contribution in [-0.4, -0.2) is 37.2 Å². The fourth-order valence-electron chi connectivity index (χ4n) is 3.30. The van der Waals surface area contributed by atoms with Gasteiger partial charge in [-0.05, 0) is 19.4 Å². The summed E-state index contributed by atoms with van der Waals surface area (Å²) < 4.78 is 5.66. The van der Waals surface area contributed by atoms with Gasteiger partial charge in [0.05, 0.1) is 6.10 Å². The zero-order valence-corrected chi connectivity index (χ0v) is 10.7. The predicted octanol–water partition coefficient (Wildman–Crippen LogP) is -0.406. The number of nitrogens with two attached hydrogens (primary N) is 2. The predicted molar refractivity (Wildman–Crippen MR) is 65.2 cm³/mol. The molecule has 1 heterocycles. The molecular weight excluding hydrogens is 218 g/mol. The van der Waals surface area contributed by atoms with Crippen LogP contribution in [0.1, 0.15) is 26.7 Å². The van der Waals surface area contributed by atoms with Crippen molar-refractivity contribution in [1.29, 1.82) is 0 Å². The number of hydrogen-bond acceptors (Lipinski definition) is 4. The molecule has 5 N–H and O–H groups in total. The lowest BCUT2D eigenvalue weighted by atomic mass is 9.48. The number of ether oxygens (including phenoxy) is 1. The van der Waals surface area contributed by atoms with E-state index in [1.807, 2.05) is 13.8 Å². The summed E-state index contributed by atoms with van der Waals surface area (Å²) in [6.07, 6.45) is 1.80. The minimum absolute atomic E-state index is 0.0531. The highest BCUT2D eigenvalue weighted by molar-refractivity contribution is 5.89. The lowest BCUT2D eigenvalue weighted by Gasteiger charge is -2.60. The largest absolute Gasteiger partial charge is 0.377 e. The van der Waals surface area contributed by atoms with Crippen LogP contribution in [0.3, 0.4) is 0 Å². The van der Waals surface area contributed by atoms with Gasteiger partial charge in [0.1, 0.15) is 5.54 Å². The molecule has 0 aromatic rings. The number of carbonyl (C=O) groups excluding carboxylic acids is 1. The fraction of sp³-hybridized carbons (Fsp3) is 0.917. The van der Waals surface area contributed by atoms with E-state index in [1.54, 1.807) is 0 Å². The normalized spacial score (nSPS) is 38.4. The van der Waals surface area contributed by atoms with Gasteiger partial charge in [-0.2, -0.15) is 0 Å². The van der Waals surface area contributed by atoms with Gasteiger partial charge in [0.2, 0.25) is 5.91 Å². The van der Waals surface area contributed by atoms with Crippen molar-refractivity contribution in [2.75, 3.05) is 19.7 Å². The first-order chi connectivity index (χ1) is 7.96. The molecule has 0 radical (unpaired) electrons. The van der Waals surface area contributed by atoms with E-state index in [9.17, 15) is 4.79 Å². The molecule has 3 atom stereocenters. The van der Waals surface area contributed by atoms with Crippen LogP contribution in [0.5, 0.6) is 0 Å². The van der Waals surface area contributed by atoms with E-state index in [-0.39, 0.29) is 23.3 Å². The van der Waals surface area contributed by atoms with Gasteiger partial charge >= 0.3 is 0 Å². The van der Waals surface area contributed by atoms with Crippen LogP contribution in [0.2, 0.25) is 0 Å². The highest BCUT2D eigenvalue weighted by atomic mass is 16.5. The third-order valence-electron chi connectivity index (χ3n) is 4.50. The lowest BCUT2D eigenvalue weighted by molar-refractivity contribution is -0.175. The molecule has 3 unspecified atom stereocenters. The zero-order chi connectivity index (χ0) is 12.7. The minimum Gasteiger partial charge on any atom is -0.377 e. The van der Waals surface area contributed by atoms with Crippen molar-refractivity contribution in [3.63, 3.8) is 0 Å². The van der Waals surface area contributed by atoms with Crippen molar-refractivity contribution in [2.45, 2.75) is 38.3 Å². The highest BCUT2D eigenvalue weighted by Crippen LogP contribution is 2.58. The van der Waals surface area contributed by atoms with E-state index in [0.717, 1.165) is 12.8 Å². The number of fused-ring (bicyclic) bond motifs is 1. The zero-order valence-electron chi connectivity index (χ0n) is 10.7. The number of carbonyl (C=O) groups is 1. The van der Waals surface area contributed by atoms with Crippen LogP contribution in [0, 0.1) is 11.3 Å². The molecule has 17 heavy (non-hydrogen) atoms. The average Bonchev–Trinajstić information content (AvgIpc) is 2.75. The van der Waals surface area contributed by atoms with Crippen molar-refractivity contribution in [3.05, 3.63) is 0 Å². The first-order valence-electron chi connectivity index (χ1n) is 6.35. The third-order valence-corrected chi connectivity index (χ3v) is 4.50. The maximum absolute atomic E-state index is 12.2. The van der Waals surface area contributed by atoms with Gasteiger partial charge in [0.25, 0.3) is 0 Å². The second kappa shape index (κ2) is 4.23. The Kier molecular flexibility index (Phi) is 3.18. The molecule has 0 aromatic heterocycles. The van der Waals surface area contributed by atoms with Crippen molar-refractivity contribution < 1.29 is 9.53 Å². The molecule has 2 rings (SSSR count). The molecule has 5 nitrogen and oxygen atoms in total. The molecule has 0 aromatic carbocycles. The first-order valence-corrected chi connectivity index (χ1v) is 6.35. The monoisotopic (exact) mass is 241 g/mol. The lowest BCUT2D eigenvalue weighted by Crippen LogP contribution is -2.80. The van der Waals surface area contributed by atoms with E-state index in [4.69, 9.17) is 16.2 Å². The molecule has 0 spiro atoms. The van der Waals surface area contributed by atoms with Crippen molar-refractivity contribution in [1.82, 2.24) is 5.32 Å². The van der Waals surface area contributed by atoms with Gasteiger partial charge in [-0.1, -0.05) is 13.8 Å². The number of nitrogens with one attached hydrogen (secondary N) is 1. The molecule has 0 bridgehead atoms. The third kappa shape index (κ3) is 1.60. The van der Waals surface area contributed by atoms with Crippen LogP contribution >= 0.6 is 0 Å².